The lowest BCUT2D eigenvalue weighted by molar-refractivity contribution is 0.282. The largest absolute Gasteiger partial charge is 0.475 e. The highest BCUT2D eigenvalue weighted by Crippen LogP contribution is 2.19. The maximum absolute atomic E-state index is 12.3. The number of fused-ring (bicyclic) bond motifs is 1. The highest BCUT2D eigenvalue weighted by molar-refractivity contribution is 6.02. The van der Waals surface area contributed by atoms with Gasteiger partial charge in [-0.2, -0.15) is 14.5 Å². The summed E-state index contributed by atoms with van der Waals surface area (Å²) in [6.07, 6.45) is 0.584. The van der Waals surface area contributed by atoms with Crippen LogP contribution in [0.1, 0.15) is 37.0 Å². The topological polar surface area (TPSA) is 86.7 Å². The lowest BCUT2D eigenvalue weighted by Crippen LogP contribution is -2.23. The quantitative estimate of drug-likeness (QED) is 0.255. The Balaban J connectivity index is 1.56. The summed E-state index contributed by atoms with van der Waals surface area (Å²) in [7, 11) is 1.57. The molecule has 0 unspecified atom stereocenters. The van der Waals surface area contributed by atoms with Gasteiger partial charge in [0.05, 0.1) is 11.4 Å². The lowest BCUT2D eigenvalue weighted by atomic mass is 10.0. The molecule has 3 aromatic carbocycles. The van der Waals surface area contributed by atoms with Crippen molar-refractivity contribution in [2.24, 2.45) is 17.3 Å². The van der Waals surface area contributed by atoms with E-state index in [1.165, 1.54) is 14.7 Å². The smallest absolute Gasteiger partial charge is 0.368 e. The van der Waals surface area contributed by atoms with Crippen LogP contribution in [0.2, 0.25) is 0 Å². The van der Waals surface area contributed by atoms with Gasteiger partial charge in [-0.3, -0.25) is 0 Å². The summed E-state index contributed by atoms with van der Waals surface area (Å²) >= 11 is 0. The van der Waals surface area contributed by atoms with E-state index in [2.05, 4.69) is 44.9 Å². The zero-order valence-electron chi connectivity index (χ0n) is 19.2. The molecule has 0 saturated heterocycles. The Labute approximate surface area is 191 Å². The fourth-order valence-electron chi connectivity index (χ4n) is 3.50. The second kappa shape index (κ2) is 9.60. The standard InChI is InChI=1S/C25H26N6O2/c1-5-24(27-26-18(3)20-14-13-19-10-6-7-11-21(19)15-20)33-16-22-17(2)9-8-12-23(22)31-25(32)30(4)28-29-31/h6-15H,5,16H2,1-4H3/b26-18?,27-24+. The van der Waals surface area contributed by atoms with Crippen LogP contribution in [-0.4, -0.2) is 31.4 Å². The van der Waals surface area contributed by atoms with Gasteiger partial charge in [-0.25, -0.2) is 4.79 Å². The van der Waals surface area contributed by atoms with Gasteiger partial charge < -0.3 is 4.74 Å². The molecule has 0 aliphatic rings. The van der Waals surface area contributed by atoms with Gasteiger partial charge in [0.2, 0.25) is 5.90 Å². The molecule has 4 rings (SSSR count). The van der Waals surface area contributed by atoms with Crippen molar-refractivity contribution < 1.29 is 4.74 Å². The van der Waals surface area contributed by atoms with E-state index in [4.69, 9.17) is 4.74 Å². The molecule has 0 N–H and O–H groups in total. The predicted molar refractivity (Wildman–Crippen MR) is 130 cm³/mol. The van der Waals surface area contributed by atoms with Gasteiger partial charge in [-0.1, -0.05) is 55.5 Å². The van der Waals surface area contributed by atoms with Crippen molar-refractivity contribution in [1.82, 2.24) is 19.8 Å². The molecule has 0 bridgehead atoms. The van der Waals surface area contributed by atoms with Gasteiger partial charge in [0.15, 0.2) is 0 Å². The fraction of sp³-hybridized carbons (Fsp3) is 0.240. The normalized spacial score (nSPS) is 12.4. The van der Waals surface area contributed by atoms with Gasteiger partial charge in [-0.15, -0.1) is 5.10 Å². The lowest BCUT2D eigenvalue weighted by Gasteiger charge is -2.13. The Bertz CT molecular complexity index is 1410. The second-order valence-electron chi connectivity index (χ2n) is 7.75. The molecular formula is C25H26N6O2. The van der Waals surface area contributed by atoms with E-state index >= 15 is 0 Å². The molecule has 0 aliphatic carbocycles. The summed E-state index contributed by atoms with van der Waals surface area (Å²) in [6.45, 7) is 6.10. The van der Waals surface area contributed by atoms with E-state index in [9.17, 15) is 4.79 Å². The Kier molecular flexibility index (Phi) is 6.44. The number of ether oxygens (including phenoxy) is 1. The van der Waals surface area contributed by atoms with E-state index in [1.54, 1.807) is 7.05 Å². The van der Waals surface area contributed by atoms with E-state index in [-0.39, 0.29) is 12.3 Å². The molecule has 0 fully saturated rings. The first-order valence-corrected chi connectivity index (χ1v) is 10.8. The number of benzene rings is 3. The third-order valence-electron chi connectivity index (χ3n) is 5.50. The van der Waals surface area contributed by atoms with Crippen LogP contribution in [-0.2, 0) is 18.4 Å². The van der Waals surface area contributed by atoms with Gasteiger partial charge >= 0.3 is 5.69 Å². The van der Waals surface area contributed by atoms with Gasteiger partial charge in [0.1, 0.15) is 6.61 Å². The van der Waals surface area contributed by atoms with Crippen molar-refractivity contribution in [2.45, 2.75) is 33.8 Å². The van der Waals surface area contributed by atoms with Crippen LogP contribution in [0.25, 0.3) is 16.5 Å². The molecule has 0 aliphatic heterocycles. The molecule has 0 radical (unpaired) electrons. The number of aromatic nitrogens is 4. The molecule has 1 aromatic heterocycles. The fourth-order valence-corrected chi connectivity index (χ4v) is 3.50. The van der Waals surface area contributed by atoms with Crippen molar-refractivity contribution >= 4 is 22.4 Å². The molecule has 0 amide bonds. The van der Waals surface area contributed by atoms with Crippen LogP contribution < -0.4 is 5.69 Å². The number of hydrogen-bond acceptors (Lipinski definition) is 6. The van der Waals surface area contributed by atoms with Crippen molar-refractivity contribution in [2.75, 3.05) is 0 Å². The van der Waals surface area contributed by atoms with Crippen LogP contribution >= 0.6 is 0 Å². The Hall–Kier alpha value is -4.07. The number of nitrogens with zero attached hydrogens (tertiary/aromatic N) is 6. The van der Waals surface area contributed by atoms with E-state index in [0.717, 1.165) is 27.8 Å². The van der Waals surface area contributed by atoms with Crippen molar-refractivity contribution in [3.63, 3.8) is 0 Å². The molecule has 0 atom stereocenters. The van der Waals surface area contributed by atoms with E-state index in [1.807, 2.05) is 57.2 Å². The third-order valence-corrected chi connectivity index (χ3v) is 5.50. The van der Waals surface area contributed by atoms with Gasteiger partial charge in [0, 0.05) is 19.0 Å². The first kappa shape index (κ1) is 22.1. The summed E-state index contributed by atoms with van der Waals surface area (Å²) in [5.41, 5.74) is 3.96. The number of aryl methyl sites for hydroxylation is 2. The second-order valence-corrected chi connectivity index (χ2v) is 7.75. The van der Waals surface area contributed by atoms with E-state index in [0.29, 0.717) is 18.0 Å². The molecule has 1 heterocycles. The maximum atomic E-state index is 12.3. The van der Waals surface area contributed by atoms with Crippen LogP contribution in [0.5, 0.6) is 0 Å². The number of tetrazole rings is 1. The average Bonchev–Trinajstić information content (AvgIpc) is 3.17. The van der Waals surface area contributed by atoms with Crippen LogP contribution in [0, 0.1) is 6.92 Å². The highest BCUT2D eigenvalue weighted by Gasteiger charge is 2.14. The maximum Gasteiger partial charge on any atom is 0.368 e. The van der Waals surface area contributed by atoms with Crippen molar-refractivity contribution in [3.8, 4) is 5.69 Å². The molecular weight excluding hydrogens is 416 g/mol. The minimum absolute atomic E-state index is 0.238. The summed E-state index contributed by atoms with van der Waals surface area (Å²) < 4.78 is 8.46. The summed E-state index contributed by atoms with van der Waals surface area (Å²) in [4.78, 5) is 12.3. The monoisotopic (exact) mass is 442 g/mol. The minimum Gasteiger partial charge on any atom is -0.475 e. The molecule has 33 heavy (non-hydrogen) atoms. The third kappa shape index (κ3) is 4.74. The molecule has 0 saturated carbocycles. The van der Waals surface area contributed by atoms with Crippen molar-refractivity contribution in [1.29, 1.82) is 0 Å². The summed E-state index contributed by atoms with van der Waals surface area (Å²) in [6, 6.07) is 20.1. The molecule has 4 aromatic rings. The van der Waals surface area contributed by atoms with Gasteiger partial charge in [-0.05, 0) is 58.3 Å². The van der Waals surface area contributed by atoms with Gasteiger partial charge in [0.25, 0.3) is 0 Å². The van der Waals surface area contributed by atoms with Crippen LogP contribution in [0.4, 0.5) is 0 Å². The summed E-state index contributed by atoms with van der Waals surface area (Å²) in [5, 5.41) is 18.9. The Morgan fingerprint density at radius 2 is 1.79 bits per heavy atom. The van der Waals surface area contributed by atoms with Crippen LogP contribution in [0.3, 0.4) is 0 Å². The molecule has 168 valence electrons. The SMILES string of the molecule is CC/C(=N\N=C(C)c1ccc2ccccc2c1)OCc1c(C)cccc1-n1nnn(C)c1=O. The highest BCUT2D eigenvalue weighted by atomic mass is 16.5. The summed E-state index contributed by atoms with van der Waals surface area (Å²) in [5.74, 6) is 0.510. The number of rotatable bonds is 6. The average molecular weight is 443 g/mol. The van der Waals surface area contributed by atoms with E-state index < -0.39 is 0 Å². The molecule has 0 spiro atoms. The first-order valence-electron chi connectivity index (χ1n) is 10.8. The molecule has 8 heteroatoms. The number of hydrogen-bond donors (Lipinski definition) is 0. The minimum atomic E-state index is -0.318. The Morgan fingerprint density at radius 1 is 1.00 bits per heavy atom. The van der Waals surface area contributed by atoms with Crippen molar-refractivity contribution in [3.05, 3.63) is 87.8 Å². The first-order chi connectivity index (χ1) is 16.0. The predicted octanol–water partition coefficient (Wildman–Crippen LogP) is 4.18. The Morgan fingerprint density at radius 3 is 2.52 bits per heavy atom. The molecule has 8 nitrogen and oxygen atoms in total. The zero-order valence-corrected chi connectivity index (χ0v) is 19.2. The van der Waals surface area contributed by atoms with Crippen LogP contribution in [0.15, 0.2) is 75.7 Å². The zero-order chi connectivity index (χ0) is 23.4.